The van der Waals surface area contributed by atoms with Crippen molar-refractivity contribution in [1.82, 2.24) is 4.90 Å². The number of hydrogen-bond donors (Lipinski definition) is 1. The molecule has 1 N–H and O–H groups in total. The topological polar surface area (TPSA) is 61.9 Å². The van der Waals surface area contributed by atoms with Crippen LogP contribution in [0.15, 0.2) is 66.7 Å². The highest BCUT2D eigenvalue weighted by molar-refractivity contribution is 6.33. The molecule has 0 atom stereocenters. The van der Waals surface area contributed by atoms with Gasteiger partial charge >= 0.3 is 0 Å². The van der Waals surface area contributed by atoms with Gasteiger partial charge in [-0.15, -0.1) is 0 Å². The first-order valence-electron chi connectivity index (χ1n) is 11.0. The van der Waals surface area contributed by atoms with Gasteiger partial charge in [0.2, 0.25) is 0 Å². The number of ether oxygens (including phenoxy) is 1. The maximum Gasteiger partial charge on any atom is 0.262 e. The number of carbonyl (C=O) groups excluding carboxylic acids is 2. The van der Waals surface area contributed by atoms with Crippen molar-refractivity contribution in [3.63, 3.8) is 0 Å². The number of halogens is 2. The van der Waals surface area contributed by atoms with Gasteiger partial charge in [0.25, 0.3) is 11.8 Å². The van der Waals surface area contributed by atoms with Gasteiger partial charge in [0, 0.05) is 42.5 Å². The Morgan fingerprint density at radius 3 is 2.35 bits per heavy atom. The van der Waals surface area contributed by atoms with Crippen molar-refractivity contribution < 1.29 is 14.3 Å². The predicted octanol–water partition coefficient (Wildman–Crippen LogP) is 5.28. The minimum Gasteiger partial charge on any atom is -0.483 e. The van der Waals surface area contributed by atoms with Crippen LogP contribution in [0, 0.1) is 6.92 Å². The van der Waals surface area contributed by atoms with Crippen LogP contribution in [0.2, 0.25) is 10.0 Å². The zero-order chi connectivity index (χ0) is 24.1. The van der Waals surface area contributed by atoms with Gasteiger partial charge in [-0.2, -0.15) is 0 Å². The summed E-state index contributed by atoms with van der Waals surface area (Å²) < 4.78 is 5.59. The van der Waals surface area contributed by atoms with Gasteiger partial charge in [-0.05, 0) is 61.0 Å². The molecule has 1 heterocycles. The summed E-state index contributed by atoms with van der Waals surface area (Å²) in [4.78, 5) is 29.0. The molecule has 3 aromatic rings. The summed E-state index contributed by atoms with van der Waals surface area (Å²) in [6, 6.07) is 20.0. The van der Waals surface area contributed by atoms with Crippen LogP contribution < -0.4 is 15.0 Å². The Morgan fingerprint density at radius 1 is 0.941 bits per heavy atom. The zero-order valence-electron chi connectivity index (χ0n) is 18.8. The minimum absolute atomic E-state index is 0.0421. The van der Waals surface area contributed by atoms with Crippen LogP contribution in [0.5, 0.6) is 5.75 Å². The van der Waals surface area contributed by atoms with Crippen molar-refractivity contribution >= 4 is 46.4 Å². The Kier molecular flexibility index (Phi) is 7.60. The molecule has 0 radical (unpaired) electrons. The lowest BCUT2D eigenvalue weighted by Gasteiger charge is -2.36. The van der Waals surface area contributed by atoms with Gasteiger partial charge in [0.05, 0.1) is 10.7 Å². The fourth-order valence-electron chi connectivity index (χ4n) is 3.87. The second-order valence-electron chi connectivity index (χ2n) is 8.06. The molecular weight excluding hydrogens is 473 g/mol. The van der Waals surface area contributed by atoms with Crippen LogP contribution in [0.3, 0.4) is 0 Å². The molecule has 1 fully saturated rings. The average molecular weight is 498 g/mol. The van der Waals surface area contributed by atoms with E-state index in [1.165, 1.54) is 0 Å². The van der Waals surface area contributed by atoms with Crippen LogP contribution in [-0.4, -0.2) is 49.5 Å². The fourth-order valence-corrected chi connectivity index (χ4v) is 4.40. The Bertz CT molecular complexity index is 1180. The molecule has 8 heteroatoms. The first kappa shape index (κ1) is 23.9. The van der Waals surface area contributed by atoms with E-state index in [9.17, 15) is 9.59 Å². The van der Waals surface area contributed by atoms with E-state index in [1.807, 2.05) is 54.3 Å². The molecule has 2 amide bonds. The SMILES string of the molecule is Cc1cc(Cl)ccc1OCC(=O)Nc1ccc(N2CCN(C(=O)c3ccccc3)CC2)c(Cl)c1. The summed E-state index contributed by atoms with van der Waals surface area (Å²) in [5.41, 5.74) is 3.02. The van der Waals surface area contributed by atoms with Gasteiger partial charge < -0.3 is 19.9 Å². The molecule has 176 valence electrons. The van der Waals surface area contributed by atoms with E-state index in [-0.39, 0.29) is 18.4 Å². The number of anilines is 2. The lowest BCUT2D eigenvalue weighted by molar-refractivity contribution is -0.118. The Labute approximate surface area is 209 Å². The van der Waals surface area contributed by atoms with Gasteiger partial charge in [0.1, 0.15) is 5.75 Å². The maximum absolute atomic E-state index is 12.7. The molecular formula is C26H25Cl2N3O3. The predicted molar refractivity (Wildman–Crippen MR) is 136 cm³/mol. The highest BCUT2D eigenvalue weighted by Gasteiger charge is 2.23. The Hall–Kier alpha value is -3.22. The summed E-state index contributed by atoms with van der Waals surface area (Å²) in [6.07, 6.45) is 0. The smallest absolute Gasteiger partial charge is 0.262 e. The Morgan fingerprint density at radius 2 is 1.68 bits per heavy atom. The van der Waals surface area contributed by atoms with Crippen molar-refractivity contribution in [2.75, 3.05) is 43.0 Å². The Balaban J connectivity index is 1.31. The average Bonchev–Trinajstić information content (AvgIpc) is 2.84. The number of carbonyl (C=O) groups is 2. The van der Waals surface area contributed by atoms with E-state index in [0.29, 0.717) is 53.2 Å². The standard InChI is InChI=1S/C26H25Cl2N3O3/c1-18-15-20(27)7-10-24(18)34-17-25(32)29-21-8-9-23(22(28)16-21)30-11-13-31(14-12-30)26(33)19-5-3-2-4-6-19/h2-10,15-16H,11-14,17H2,1H3,(H,29,32). The van der Waals surface area contributed by atoms with Crippen LogP contribution in [0.25, 0.3) is 0 Å². The van der Waals surface area contributed by atoms with Crippen LogP contribution in [0.4, 0.5) is 11.4 Å². The second kappa shape index (κ2) is 10.8. The lowest BCUT2D eigenvalue weighted by atomic mass is 10.1. The highest BCUT2D eigenvalue weighted by Crippen LogP contribution is 2.30. The van der Waals surface area contributed by atoms with Crippen molar-refractivity contribution in [1.29, 1.82) is 0 Å². The van der Waals surface area contributed by atoms with E-state index in [0.717, 1.165) is 11.3 Å². The van der Waals surface area contributed by atoms with Crippen molar-refractivity contribution in [3.05, 3.63) is 87.9 Å². The van der Waals surface area contributed by atoms with E-state index in [1.54, 1.807) is 24.3 Å². The quantitative estimate of drug-likeness (QED) is 0.503. The van der Waals surface area contributed by atoms with E-state index >= 15 is 0 Å². The molecule has 4 rings (SSSR count). The number of piperazine rings is 1. The van der Waals surface area contributed by atoms with Gasteiger partial charge in [-0.3, -0.25) is 9.59 Å². The van der Waals surface area contributed by atoms with Gasteiger partial charge in [-0.25, -0.2) is 0 Å². The van der Waals surface area contributed by atoms with Gasteiger partial charge in [0.15, 0.2) is 6.61 Å². The van der Waals surface area contributed by atoms with Gasteiger partial charge in [-0.1, -0.05) is 41.4 Å². The maximum atomic E-state index is 12.7. The molecule has 1 aliphatic heterocycles. The molecule has 0 saturated carbocycles. The summed E-state index contributed by atoms with van der Waals surface area (Å²) in [7, 11) is 0. The minimum atomic E-state index is -0.286. The number of benzene rings is 3. The number of rotatable bonds is 6. The largest absolute Gasteiger partial charge is 0.483 e. The van der Waals surface area contributed by atoms with E-state index < -0.39 is 0 Å². The molecule has 0 aliphatic carbocycles. The third-order valence-electron chi connectivity index (χ3n) is 5.66. The molecule has 1 saturated heterocycles. The number of nitrogens with zero attached hydrogens (tertiary/aromatic N) is 2. The summed E-state index contributed by atoms with van der Waals surface area (Å²) in [6.45, 7) is 4.33. The monoisotopic (exact) mass is 497 g/mol. The van der Waals surface area contributed by atoms with Crippen LogP contribution >= 0.6 is 23.2 Å². The van der Waals surface area contributed by atoms with Crippen LogP contribution in [0.1, 0.15) is 15.9 Å². The van der Waals surface area contributed by atoms with Crippen molar-refractivity contribution in [3.8, 4) is 5.75 Å². The molecule has 0 aromatic heterocycles. The second-order valence-corrected chi connectivity index (χ2v) is 8.90. The summed E-state index contributed by atoms with van der Waals surface area (Å²) in [5.74, 6) is 0.365. The third-order valence-corrected chi connectivity index (χ3v) is 6.19. The number of aryl methyl sites for hydroxylation is 1. The zero-order valence-corrected chi connectivity index (χ0v) is 20.3. The molecule has 0 unspecified atom stereocenters. The fraction of sp³-hybridized carbons (Fsp3) is 0.231. The first-order valence-corrected chi connectivity index (χ1v) is 11.7. The molecule has 1 aliphatic rings. The first-order chi connectivity index (χ1) is 16.4. The number of nitrogens with one attached hydrogen (secondary N) is 1. The highest BCUT2D eigenvalue weighted by atomic mass is 35.5. The van der Waals surface area contributed by atoms with Crippen molar-refractivity contribution in [2.24, 2.45) is 0 Å². The number of amides is 2. The number of hydrogen-bond acceptors (Lipinski definition) is 4. The van der Waals surface area contributed by atoms with Crippen molar-refractivity contribution in [2.45, 2.75) is 6.92 Å². The lowest BCUT2D eigenvalue weighted by Crippen LogP contribution is -2.48. The third kappa shape index (κ3) is 5.82. The molecule has 0 spiro atoms. The summed E-state index contributed by atoms with van der Waals surface area (Å²) >= 11 is 12.5. The van der Waals surface area contributed by atoms with E-state index in [4.69, 9.17) is 27.9 Å². The molecule has 6 nitrogen and oxygen atoms in total. The molecule has 3 aromatic carbocycles. The summed E-state index contributed by atoms with van der Waals surface area (Å²) in [5, 5.41) is 3.96. The van der Waals surface area contributed by atoms with E-state index in [2.05, 4.69) is 10.2 Å². The normalized spacial score (nSPS) is 13.5. The molecule has 34 heavy (non-hydrogen) atoms. The molecule has 0 bridgehead atoms. The van der Waals surface area contributed by atoms with Crippen LogP contribution in [-0.2, 0) is 4.79 Å².